The summed E-state index contributed by atoms with van der Waals surface area (Å²) in [7, 11) is 0. The molecule has 0 amide bonds. The van der Waals surface area contributed by atoms with Crippen LogP contribution in [0.2, 0.25) is 0 Å². The van der Waals surface area contributed by atoms with E-state index in [-0.39, 0.29) is 5.56 Å². The molecule has 0 fully saturated rings. The SMILES string of the molecule is CCc1n[nH]c(=O)c(-c2nc(-c3c[nH]c4ncccc34)cs2)c1CC. The van der Waals surface area contributed by atoms with Crippen LogP contribution in [0.4, 0.5) is 0 Å². The highest BCUT2D eigenvalue weighted by Crippen LogP contribution is 2.32. The van der Waals surface area contributed by atoms with E-state index in [4.69, 9.17) is 4.98 Å². The van der Waals surface area contributed by atoms with Gasteiger partial charge in [-0.3, -0.25) is 4.79 Å². The van der Waals surface area contributed by atoms with Crippen LogP contribution in [-0.4, -0.2) is 25.1 Å². The van der Waals surface area contributed by atoms with Gasteiger partial charge >= 0.3 is 0 Å². The molecule has 4 aromatic heterocycles. The van der Waals surface area contributed by atoms with Crippen molar-refractivity contribution in [2.75, 3.05) is 0 Å². The fourth-order valence-corrected chi connectivity index (χ4v) is 3.99. The second kappa shape index (κ2) is 6.25. The molecule has 6 nitrogen and oxygen atoms in total. The zero-order chi connectivity index (χ0) is 17.4. The molecule has 7 heteroatoms. The number of nitrogens with zero attached hydrogens (tertiary/aromatic N) is 3. The first kappa shape index (κ1) is 15.7. The normalized spacial score (nSPS) is 11.3. The quantitative estimate of drug-likeness (QED) is 0.588. The van der Waals surface area contributed by atoms with Gasteiger partial charge in [0, 0.05) is 28.7 Å². The van der Waals surface area contributed by atoms with Gasteiger partial charge in [0.05, 0.1) is 17.0 Å². The Morgan fingerprint density at radius 2 is 2.12 bits per heavy atom. The number of nitrogens with one attached hydrogen (secondary N) is 2. The standard InChI is InChI=1S/C18H17N5OS/c1-3-10-13(4-2)22-23-17(24)15(10)18-21-14(9-25-18)12-8-20-16-11(12)6-5-7-19-16/h5-9H,3-4H2,1-2H3,(H,19,20)(H,23,24). The lowest BCUT2D eigenvalue weighted by Gasteiger charge is -2.08. The summed E-state index contributed by atoms with van der Waals surface area (Å²) < 4.78 is 0. The molecule has 4 aromatic rings. The number of H-pyrrole nitrogens is 2. The topological polar surface area (TPSA) is 87.3 Å². The lowest BCUT2D eigenvalue weighted by atomic mass is 10.0. The van der Waals surface area contributed by atoms with Crippen LogP contribution >= 0.6 is 11.3 Å². The number of hydrogen-bond donors (Lipinski definition) is 2. The molecule has 0 radical (unpaired) electrons. The third kappa shape index (κ3) is 2.56. The molecule has 0 spiro atoms. The van der Waals surface area contributed by atoms with E-state index in [2.05, 4.69) is 20.2 Å². The van der Waals surface area contributed by atoms with Crippen molar-refractivity contribution in [2.24, 2.45) is 0 Å². The summed E-state index contributed by atoms with van der Waals surface area (Å²) in [6.45, 7) is 4.08. The molecule has 4 rings (SSSR count). The second-order valence-corrected chi connectivity index (χ2v) is 6.56. The molecule has 0 aromatic carbocycles. The molecule has 0 bridgehead atoms. The minimum Gasteiger partial charge on any atom is -0.345 e. The van der Waals surface area contributed by atoms with E-state index in [1.54, 1.807) is 6.20 Å². The summed E-state index contributed by atoms with van der Waals surface area (Å²) in [5.41, 5.74) is 5.02. The van der Waals surface area contributed by atoms with Gasteiger partial charge in [-0.05, 0) is 30.5 Å². The largest absolute Gasteiger partial charge is 0.345 e. The van der Waals surface area contributed by atoms with Crippen LogP contribution in [0.1, 0.15) is 25.1 Å². The molecule has 0 aliphatic rings. The second-order valence-electron chi connectivity index (χ2n) is 5.70. The van der Waals surface area contributed by atoms with Crippen molar-refractivity contribution in [1.82, 2.24) is 25.1 Å². The molecular formula is C18H17N5OS. The van der Waals surface area contributed by atoms with E-state index >= 15 is 0 Å². The number of pyridine rings is 1. The molecule has 0 saturated carbocycles. The van der Waals surface area contributed by atoms with Crippen LogP contribution in [-0.2, 0) is 12.8 Å². The number of fused-ring (bicyclic) bond motifs is 1. The van der Waals surface area contributed by atoms with Crippen LogP contribution in [0.15, 0.2) is 34.7 Å². The van der Waals surface area contributed by atoms with Crippen LogP contribution in [0, 0.1) is 0 Å². The molecule has 0 saturated heterocycles. The number of rotatable bonds is 4. The maximum absolute atomic E-state index is 12.4. The predicted octanol–water partition coefficient (Wildman–Crippen LogP) is 3.56. The average molecular weight is 351 g/mol. The van der Waals surface area contributed by atoms with Crippen molar-refractivity contribution >= 4 is 22.4 Å². The van der Waals surface area contributed by atoms with Gasteiger partial charge in [0.2, 0.25) is 0 Å². The van der Waals surface area contributed by atoms with Crippen LogP contribution in [0.25, 0.3) is 32.9 Å². The van der Waals surface area contributed by atoms with Crippen molar-refractivity contribution in [1.29, 1.82) is 0 Å². The number of aromatic nitrogens is 5. The van der Waals surface area contributed by atoms with Crippen molar-refractivity contribution in [2.45, 2.75) is 26.7 Å². The van der Waals surface area contributed by atoms with E-state index in [9.17, 15) is 4.79 Å². The molecule has 0 unspecified atom stereocenters. The highest BCUT2D eigenvalue weighted by molar-refractivity contribution is 7.13. The molecule has 25 heavy (non-hydrogen) atoms. The third-order valence-corrected chi connectivity index (χ3v) is 5.16. The van der Waals surface area contributed by atoms with Crippen molar-refractivity contribution in [3.8, 4) is 21.8 Å². The first-order valence-electron chi connectivity index (χ1n) is 8.21. The fraction of sp³-hybridized carbons (Fsp3) is 0.222. The van der Waals surface area contributed by atoms with Gasteiger partial charge < -0.3 is 4.98 Å². The summed E-state index contributed by atoms with van der Waals surface area (Å²) in [5.74, 6) is 0. The summed E-state index contributed by atoms with van der Waals surface area (Å²) in [6, 6.07) is 3.92. The lowest BCUT2D eigenvalue weighted by molar-refractivity contribution is 0.861. The van der Waals surface area contributed by atoms with Gasteiger partial charge in [0.25, 0.3) is 5.56 Å². The zero-order valence-electron chi connectivity index (χ0n) is 14.0. The Morgan fingerprint density at radius 3 is 2.92 bits per heavy atom. The van der Waals surface area contributed by atoms with Crippen LogP contribution in [0.3, 0.4) is 0 Å². The molecule has 0 aliphatic heterocycles. The summed E-state index contributed by atoms with van der Waals surface area (Å²) in [5, 5.41) is 10.5. The first-order chi connectivity index (χ1) is 12.2. The molecule has 0 aliphatic carbocycles. The Bertz CT molecular complexity index is 1110. The van der Waals surface area contributed by atoms with Gasteiger partial charge in [0.1, 0.15) is 10.7 Å². The Balaban J connectivity index is 1.87. The van der Waals surface area contributed by atoms with E-state index < -0.39 is 0 Å². The summed E-state index contributed by atoms with van der Waals surface area (Å²) in [4.78, 5) is 24.6. The van der Waals surface area contributed by atoms with Crippen molar-refractivity contribution < 1.29 is 0 Å². The number of aryl methyl sites for hydroxylation is 1. The minimum absolute atomic E-state index is 0.185. The first-order valence-corrected chi connectivity index (χ1v) is 9.09. The maximum Gasteiger partial charge on any atom is 0.274 e. The van der Waals surface area contributed by atoms with Gasteiger partial charge in [0.15, 0.2) is 0 Å². The Morgan fingerprint density at radius 1 is 1.24 bits per heavy atom. The van der Waals surface area contributed by atoms with Crippen molar-refractivity contribution in [3.05, 3.63) is 51.5 Å². The van der Waals surface area contributed by atoms with E-state index in [1.165, 1.54) is 11.3 Å². The fourth-order valence-electron chi connectivity index (χ4n) is 3.10. The molecule has 126 valence electrons. The van der Waals surface area contributed by atoms with Gasteiger partial charge in [-0.2, -0.15) is 5.10 Å². The Kier molecular flexibility index (Phi) is 3.93. The average Bonchev–Trinajstić information content (AvgIpc) is 3.27. The molecule has 4 heterocycles. The maximum atomic E-state index is 12.4. The number of thiazole rings is 1. The highest BCUT2D eigenvalue weighted by Gasteiger charge is 2.18. The van der Waals surface area contributed by atoms with Crippen molar-refractivity contribution in [3.63, 3.8) is 0 Å². The summed E-state index contributed by atoms with van der Waals surface area (Å²) >= 11 is 1.48. The molecule has 2 N–H and O–H groups in total. The van der Waals surface area contributed by atoms with E-state index in [1.807, 2.05) is 37.6 Å². The summed E-state index contributed by atoms with van der Waals surface area (Å²) in [6.07, 6.45) is 5.19. The number of aromatic amines is 2. The van der Waals surface area contributed by atoms with Gasteiger partial charge in [-0.1, -0.05) is 13.8 Å². The van der Waals surface area contributed by atoms with E-state index in [0.29, 0.717) is 5.56 Å². The third-order valence-electron chi connectivity index (χ3n) is 4.30. The lowest BCUT2D eigenvalue weighted by Crippen LogP contribution is -2.16. The molecular weight excluding hydrogens is 334 g/mol. The number of hydrogen-bond acceptors (Lipinski definition) is 5. The predicted molar refractivity (Wildman–Crippen MR) is 99.8 cm³/mol. The van der Waals surface area contributed by atoms with Crippen LogP contribution < -0.4 is 5.56 Å². The smallest absolute Gasteiger partial charge is 0.274 e. The molecule has 0 atom stereocenters. The zero-order valence-corrected chi connectivity index (χ0v) is 14.8. The van der Waals surface area contributed by atoms with E-state index in [0.717, 1.165) is 51.4 Å². The van der Waals surface area contributed by atoms with Gasteiger partial charge in [-0.25, -0.2) is 15.1 Å². The van der Waals surface area contributed by atoms with Crippen LogP contribution in [0.5, 0.6) is 0 Å². The minimum atomic E-state index is -0.185. The Labute approximate surface area is 148 Å². The Hall–Kier alpha value is -2.80. The monoisotopic (exact) mass is 351 g/mol. The van der Waals surface area contributed by atoms with Gasteiger partial charge in [-0.15, -0.1) is 11.3 Å². The highest BCUT2D eigenvalue weighted by atomic mass is 32.1.